The van der Waals surface area contributed by atoms with E-state index in [-0.39, 0.29) is 5.97 Å². The molecule has 0 atom stereocenters. The van der Waals surface area contributed by atoms with Crippen LogP contribution in [-0.4, -0.2) is 18.2 Å². The lowest BCUT2D eigenvalue weighted by Gasteiger charge is -2.14. The summed E-state index contributed by atoms with van der Waals surface area (Å²) in [6, 6.07) is 18.3. The molecular weight excluding hydrogens is 424 g/mol. The highest BCUT2D eigenvalue weighted by Crippen LogP contribution is 2.38. The predicted molar refractivity (Wildman–Crippen MR) is 133 cm³/mol. The van der Waals surface area contributed by atoms with E-state index in [0.29, 0.717) is 10.7 Å². The van der Waals surface area contributed by atoms with Gasteiger partial charge >= 0.3 is 5.97 Å². The van der Waals surface area contributed by atoms with Crippen molar-refractivity contribution >= 4 is 45.3 Å². The summed E-state index contributed by atoms with van der Waals surface area (Å²) in [5.74, 6) is -0.298. The van der Waals surface area contributed by atoms with E-state index in [0.717, 1.165) is 53.1 Å². The van der Waals surface area contributed by atoms with Gasteiger partial charge in [-0.25, -0.2) is 4.79 Å². The molecule has 31 heavy (non-hydrogen) atoms. The third-order valence-electron chi connectivity index (χ3n) is 5.55. The fourth-order valence-electron chi connectivity index (χ4n) is 4.04. The Balaban J connectivity index is 1.60. The highest BCUT2D eigenvalue weighted by atomic mass is 32.1. The highest BCUT2D eigenvalue weighted by molar-refractivity contribution is 7.80. The summed E-state index contributed by atoms with van der Waals surface area (Å²) in [7, 11) is 1.44. The normalized spacial score (nSPS) is 13.5. The number of nitrogens with one attached hydrogen (secondary N) is 2. The third-order valence-corrected chi connectivity index (χ3v) is 6.96. The van der Waals surface area contributed by atoms with Crippen LogP contribution >= 0.6 is 23.6 Å². The van der Waals surface area contributed by atoms with Crippen LogP contribution in [-0.2, 0) is 17.6 Å². The van der Waals surface area contributed by atoms with E-state index in [1.165, 1.54) is 24.8 Å². The molecule has 0 aliphatic heterocycles. The van der Waals surface area contributed by atoms with Crippen molar-refractivity contribution in [2.75, 3.05) is 17.7 Å². The van der Waals surface area contributed by atoms with Crippen molar-refractivity contribution in [3.63, 3.8) is 0 Å². The van der Waals surface area contributed by atoms with Gasteiger partial charge in [0.15, 0.2) is 5.11 Å². The molecule has 0 unspecified atom stereocenters. The number of hydrogen-bond donors (Lipinski definition) is 2. The summed E-state index contributed by atoms with van der Waals surface area (Å²) in [6.45, 7) is 0. The van der Waals surface area contributed by atoms with Crippen LogP contribution in [0.5, 0.6) is 0 Å². The quantitative estimate of drug-likeness (QED) is 0.343. The van der Waals surface area contributed by atoms with Crippen LogP contribution in [0.4, 0.5) is 10.7 Å². The van der Waals surface area contributed by atoms with Gasteiger partial charge in [0.05, 0.1) is 12.7 Å². The number of benzene rings is 2. The SMILES string of the molecule is COC(=O)c1c(NC(=S)Nc2ccccc2-c2ccccc2)sc2c1CCCCCC2. The average Bonchev–Trinajstić information content (AvgIpc) is 3.09. The summed E-state index contributed by atoms with van der Waals surface area (Å²) in [5, 5.41) is 7.84. The van der Waals surface area contributed by atoms with Crippen molar-refractivity contribution in [2.45, 2.75) is 38.5 Å². The van der Waals surface area contributed by atoms with Crippen molar-refractivity contribution in [3.05, 3.63) is 70.6 Å². The molecule has 0 bridgehead atoms. The molecule has 2 N–H and O–H groups in total. The van der Waals surface area contributed by atoms with E-state index in [9.17, 15) is 4.79 Å². The number of carbonyl (C=O) groups excluding carboxylic acids is 1. The second-order valence-corrected chi connectivity index (χ2v) is 9.12. The number of aryl methyl sites for hydroxylation is 1. The minimum atomic E-state index is -0.298. The first-order valence-corrected chi connectivity index (χ1v) is 11.8. The molecule has 0 fully saturated rings. The van der Waals surface area contributed by atoms with Crippen molar-refractivity contribution in [2.24, 2.45) is 0 Å². The van der Waals surface area contributed by atoms with E-state index in [1.54, 1.807) is 11.3 Å². The molecule has 4 nitrogen and oxygen atoms in total. The summed E-state index contributed by atoms with van der Waals surface area (Å²) in [4.78, 5) is 13.9. The summed E-state index contributed by atoms with van der Waals surface area (Å²) < 4.78 is 5.11. The van der Waals surface area contributed by atoms with Gasteiger partial charge in [-0.2, -0.15) is 0 Å². The minimum absolute atomic E-state index is 0.298. The van der Waals surface area contributed by atoms with Gasteiger partial charge in [0.25, 0.3) is 0 Å². The molecule has 4 rings (SSSR count). The van der Waals surface area contributed by atoms with Crippen LogP contribution in [0.25, 0.3) is 11.1 Å². The van der Waals surface area contributed by atoms with E-state index in [1.807, 2.05) is 36.4 Å². The van der Waals surface area contributed by atoms with Gasteiger partial charge in [-0.1, -0.05) is 61.4 Å². The maximum atomic E-state index is 12.6. The Kier molecular flexibility index (Phi) is 6.99. The summed E-state index contributed by atoms with van der Waals surface area (Å²) in [5.41, 5.74) is 4.87. The second-order valence-electron chi connectivity index (χ2n) is 7.60. The zero-order chi connectivity index (χ0) is 21.6. The second kappa shape index (κ2) is 10.1. The van der Waals surface area contributed by atoms with Crippen molar-refractivity contribution in [1.29, 1.82) is 0 Å². The predicted octanol–water partition coefficient (Wildman–Crippen LogP) is 6.67. The number of rotatable bonds is 4. The lowest BCUT2D eigenvalue weighted by Crippen LogP contribution is -2.20. The first-order valence-electron chi connectivity index (χ1n) is 10.6. The molecule has 1 aliphatic carbocycles. The van der Waals surface area contributed by atoms with Crippen molar-refractivity contribution in [3.8, 4) is 11.1 Å². The van der Waals surface area contributed by atoms with Crippen LogP contribution in [0.15, 0.2) is 54.6 Å². The molecule has 0 saturated carbocycles. The number of hydrogen-bond acceptors (Lipinski definition) is 4. The van der Waals surface area contributed by atoms with Crippen LogP contribution in [0, 0.1) is 0 Å². The Bertz CT molecular complexity index is 1080. The molecule has 0 radical (unpaired) electrons. The van der Waals surface area contributed by atoms with Gasteiger partial charge in [-0.3, -0.25) is 0 Å². The van der Waals surface area contributed by atoms with Gasteiger partial charge in [0.1, 0.15) is 5.00 Å². The van der Waals surface area contributed by atoms with Crippen LogP contribution in [0.1, 0.15) is 46.5 Å². The van der Waals surface area contributed by atoms with E-state index >= 15 is 0 Å². The molecule has 0 amide bonds. The zero-order valence-electron chi connectivity index (χ0n) is 17.6. The summed E-state index contributed by atoms with van der Waals surface area (Å²) in [6.07, 6.45) is 6.61. The molecule has 1 heterocycles. The van der Waals surface area contributed by atoms with E-state index in [4.69, 9.17) is 17.0 Å². The van der Waals surface area contributed by atoms with Gasteiger partial charge < -0.3 is 15.4 Å². The molecule has 160 valence electrons. The smallest absolute Gasteiger partial charge is 0.341 e. The Hall–Kier alpha value is -2.70. The number of anilines is 2. The van der Waals surface area contributed by atoms with Gasteiger partial charge in [-0.05, 0) is 55.1 Å². The average molecular weight is 451 g/mol. The number of fused-ring (bicyclic) bond motifs is 1. The zero-order valence-corrected chi connectivity index (χ0v) is 19.2. The molecule has 1 aromatic heterocycles. The Morgan fingerprint density at radius 3 is 2.42 bits per heavy atom. The fourth-order valence-corrected chi connectivity index (χ4v) is 5.60. The highest BCUT2D eigenvalue weighted by Gasteiger charge is 2.25. The monoisotopic (exact) mass is 450 g/mol. The molecule has 0 saturated heterocycles. The first kappa shape index (κ1) is 21.5. The van der Waals surface area contributed by atoms with Gasteiger partial charge in [-0.15, -0.1) is 11.3 Å². The topological polar surface area (TPSA) is 50.4 Å². The third kappa shape index (κ3) is 4.97. The first-order chi connectivity index (χ1) is 15.2. The van der Waals surface area contributed by atoms with Crippen LogP contribution in [0.2, 0.25) is 0 Å². The number of esters is 1. The van der Waals surface area contributed by atoms with Crippen molar-refractivity contribution < 1.29 is 9.53 Å². The van der Waals surface area contributed by atoms with Crippen molar-refractivity contribution in [1.82, 2.24) is 0 Å². The fraction of sp³-hybridized carbons (Fsp3) is 0.280. The molecular formula is C25H26N2O2S2. The lowest BCUT2D eigenvalue weighted by atomic mass is 9.96. The van der Waals surface area contributed by atoms with E-state index in [2.05, 4.69) is 28.8 Å². The molecule has 0 spiro atoms. The maximum Gasteiger partial charge on any atom is 0.341 e. The van der Waals surface area contributed by atoms with Gasteiger partial charge in [0.2, 0.25) is 0 Å². The van der Waals surface area contributed by atoms with Crippen LogP contribution in [0.3, 0.4) is 0 Å². The Morgan fingerprint density at radius 1 is 0.935 bits per heavy atom. The molecule has 6 heteroatoms. The van der Waals surface area contributed by atoms with E-state index < -0.39 is 0 Å². The molecule has 1 aliphatic rings. The number of para-hydroxylation sites is 1. The maximum absolute atomic E-state index is 12.6. The number of thiophene rings is 1. The summed E-state index contributed by atoms with van der Waals surface area (Å²) >= 11 is 7.26. The number of methoxy groups -OCH3 is 1. The number of thiocarbonyl (C=S) groups is 1. The Labute approximate surface area is 192 Å². The van der Waals surface area contributed by atoms with Gasteiger partial charge in [0, 0.05) is 16.1 Å². The Morgan fingerprint density at radius 2 is 1.65 bits per heavy atom. The van der Waals surface area contributed by atoms with Crippen LogP contribution < -0.4 is 10.6 Å². The number of ether oxygens (including phenoxy) is 1. The lowest BCUT2D eigenvalue weighted by molar-refractivity contribution is 0.0601. The molecule has 3 aromatic rings. The molecule has 2 aromatic carbocycles. The minimum Gasteiger partial charge on any atom is -0.465 e. The largest absolute Gasteiger partial charge is 0.465 e. The number of carbonyl (C=O) groups is 1. The standard InChI is InChI=1S/C25H26N2O2S2/c1-29-24(28)22-19-14-7-2-3-8-16-21(19)31-23(22)27-25(30)26-20-15-10-9-13-18(20)17-11-5-4-6-12-17/h4-6,9-13,15H,2-3,7-8,14,16H2,1H3,(H2,26,27,30).